The minimum absolute atomic E-state index is 0.249. The summed E-state index contributed by atoms with van der Waals surface area (Å²) < 4.78 is 0. The van der Waals surface area contributed by atoms with E-state index < -0.39 is 0 Å². The molecule has 0 spiro atoms. The molecule has 3 N–H and O–H groups in total. The van der Waals surface area contributed by atoms with Gasteiger partial charge in [-0.1, -0.05) is 24.3 Å². The van der Waals surface area contributed by atoms with Crippen LogP contribution in [0.3, 0.4) is 0 Å². The van der Waals surface area contributed by atoms with Crippen LogP contribution >= 0.6 is 0 Å². The average molecular weight is 215 g/mol. The molecule has 0 bridgehead atoms. The zero-order valence-corrected chi connectivity index (χ0v) is 8.81. The first-order chi connectivity index (χ1) is 7.74. The van der Waals surface area contributed by atoms with E-state index in [1.165, 1.54) is 18.4 Å². The predicted octanol–water partition coefficient (Wildman–Crippen LogP) is 1.69. The van der Waals surface area contributed by atoms with Crippen molar-refractivity contribution in [3.05, 3.63) is 35.4 Å². The first-order valence-corrected chi connectivity index (χ1v) is 5.48. The Hall–Kier alpha value is -1.84. The Balaban J connectivity index is 1.84. The van der Waals surface area contributed by atoms with Gasteiger partial charge in [0.05, 0.1) is 0 Å². The quantitative estimate of drug-likeness (QED) is 0.788. The van der Waals surface area contributed by atoms with E-state index >= 15 is 0 Å². The second-order valence-corrected chi connectivity index (χ2v) is 4.36. The monoisotopic (exact) mass is 215 g/mol. The van der Waals surface area contributed by atoms with Gasteiger partial charge >= 0.3 is 6.03 Å². The SMILES string of the molecule is NC1=NC(=O)NC1c1ccc(C2CC2)cc1. The van der Waals surface area contributed by atoms with Crippen LogP contribution in [0.25, 0.3) is 0 Å². The van der Waals surface area contributed by atoms with E-state index in [0.717, 1.165) is 11.5 Å². The van der Waals surface area contributed by atoms with Gasteiger partial charge in [0.15, 0.2) is 0 Å². The molecule has 2 aliphatic rings. The van der Waals surface area contributed by atoms with Crippen LogP contribution in [0, 0.1) is 0 Å². The molecule has 1 aliphatic heterocycles. The lowest BCUT2D eigenvalue weighted by Gasteiger charge is -2.11. The van der Waals surface area contributed by atoms with Gasteiger partial charge in [0.25, 0.3) is 0 Å². The van der Waals surface area contributed by atoms with E-state index in [-0.39, 0.29) is 12.1 Å². The number of benzene rings is 1. The number of amides is 2. The van der Waals surface area contributed by atoms with Crippen LogP contribution in [0.15, 0.2) is 29.3 Å². The van der Waals surface area contributed by atoms with Crippen molar-refractivity contribution in [1.29, 1.82) is 0 Å². The highest BCUT2D eigenvalue weighted by Crippen LogP contribution is 2.40. The Morgan fingerprint density at radius 2 is 1.81 bits per heavy atom. The molecule has 1 saturated carbocycles. The number of hydrogen-bond acceptors (Lipinski definition) is 2. The summed E-state index contributed by atoms with van der Waals surface area (Å²) in [5.74, 6) is 1.10. The number of nitrogens with zero attached hydrogens (tertiary/aromatic N) is 1. The largest absolute Gasteiger partial charge is 0.385 e. The van der Waals surface area contributed by atoms with Crippen LogP contribution in [0.1, 0.15) is 35.9 Å². The highest BCUT2D eigenvalue weighted by Gasteiger charge is 2.26. The maximum Gasteiger partial charge on any atom is 0.343 e. The molecule has 82 valence electrons. The molecule has 3 rings (SSSR count). The van der Waals surface area contributed by atoms with Crippen molar-refractivity contribution in [1.82, 2.24) is 5.32 Å². The van der Waals surface area contributed by atoms with E-state index in [9.17, 15) is 4.79 Å². The standard InChI is InChI=1S/C12H13N3O/c13-11-10(14-12(16)15-11)9-5-3-8(4-6-9)7-1-2-7/h3-7,10H,1-2H2,(H3,13,14,15,16). The summed E-state index contributed by atoms with van der Waals surface area (Å²) in [4.78, 5) is 14.7. The van der Waals surface area contributed by atoms with Gasteiger partial charge in [-0.25, -0.2) is 4.79 Å². The fourth-order valence-electron chi connectivity index (χ4n) is 2.04. The fraction of sp³-hybridized carbons (Fsp3) is 0.333. The number of amidine groups is 1. The summed E-state index contributed by atoms with van der Waals surface area (Å²) in [5, 5.41) is 2.72. The minimum atomic E-state index is -0.353. The number of nitrogens with two attached hydrogens (primary N) is 1. The number of carbonyl (C=O) groups is 1. The zero-order valence-electron chi connectivity index (χ0n) is 8.81. The van der Waals surface area contributed by atoms with E-state index in [4.69, 9.17) is 5.73 Å². The smallest absolute Gasteiger partial charge is 0.343 e. The topological polar surface area (TPSA) is 67.5 Å². The average Bonchev–Trinajstić information content (AvgIpc) is 3.05. The first kappa shape index (κ1) is 9.39. The number of carbonyl (C=O) groups excluding carboxylic acids is 1. The highest BCUT2D eigenvalue weighted by atomic mass is 16.2. The predicted molar refractivity (Wildman–Crippen MR) is 61.3 cm³/mol. The Bertz CT molecular complexity index is 460. The lowest BCUT2D eigenvalue weighted by molar-refractivity contribution is 0.250. The van der Waals surface area contributed by atoms with Gasteiger partial charge in [0.2, 0.25) is 0 Å². The summed E-state index contributed by atoms with van der Waals surface area (Å²) in [5.41, 5.74) is 8.05. The normalized spacial score (nSPS) is 24.1. The van der Waals surface area contributed by atoms with Gasteiger partial charge in [-0.15, -0.1) is 0 Å². The van der Waals surface area contributed by atoms with Gasteiger partial charge in [-0.2, -0.15) is 4.99 Å². The van der Waals surface area contributed by atoms with Crippen molar-refractivity contribution in [2.45, 2.75) is 24.8 Å². The number of aliphatic imine (C=N–C) groups is 1. The Morgan fingerprint density at radius 1 is 1.19 bits per heavy atom. The van der Waals surface area contributed by atoms with Crippen LogP contribution in [0.4, 0.5) is 4.79 Å². The van der Waals surface area contributed by atoms with Crippen molar-refractivity contribution >= 4 is 11.9 Å². The number of hydrogen-bond donors (Lipinski definition) is 2. The van der Waals surface area contributed by atoms with Crippen molar-refractivity contribution in [3.8, 4) is 0 Å². The van der Waals surface area contributed by atoms with Crippen LogP contribution in [-0.4, -0.2) is 11.9 Å². The molecule has 0 radical (unpaired) electrons. The molecule has 16 heavy (non-hydrogen) atoms. The Morgan fingerprint density at radius 3 is 2.31 bits per heavy atom. The van der Waals surface area contributed by atoms with Crippen LogP contribution in [0.5, 0.6) is 0 Å². The molecule has 0 aromatic heterocycles. The fourth-order valence-corrected chi connectivity index (χ4v) is 2.04. The van der Waals surface area contributed by atoms with Gasteiger partial charge in [0.1, 0.15) is 11.9 Å². The van der Waals surface area contributed by atoms with Gasteiger partial charge in [-0.05, 0) is 29.9 Å². The molecule has 4 heteroatoms. The molecule has 1 fully saturated rings. The molecule has 4 nitrogen and oxygen atoms in total. The second-order valence-electron chi connectivity index (χ2n) is 4.36. The lowest BCUT2D eigenvalue weighted by atomic mass is 10.0. The maximum absolute atomic E-state index is 11.0. The molecule has 0 saturated heterocycles. The summed E-state index contributed by atoms with van der Waals surface area (Å²) >= 11 is 0. The third-order valence-corrected chi connectivity index (χ3v) is 3.11. The highest BCUT2D eigenvalue weighted by molar-refractivity contribution is 6.03. The number of nitrogens with one attached hydrogen (secondary N) is 1. The van der Waals surface area contributed by atoms with Crippen molar-refractivity contribution < 1.29 is 4.79 Å². The Kier molecular flexibility index (Phi) is 1.96. The van der Waals surface area contributed by atoms with E-state index in [2.05, 4.69) is 22.4 Å². The molecule has 1 aromatic carbocycles. The van der Waals surface area contributed by atoms with Crippen molar-refractivity contribution in [2.75, 3.05) is 0 Å². The molecule has 1 aromatic rings. The zero-order chi connectivity index (χ0) is 11.1. The van der Waals surface area contributed by atoms with Gasteiger partial charge in [-0.3, -0.25) is 0 Å². The molecule has 1 heterocycles. The maximum atomic E-state index is 11.0. The summed E-state index contributed by atoms with van der Waals surface area (Å²) in [6, 6.07) is 7.67. The second kappa shape index (κ2) is 3.33. The third-order valence-electron chi connectivity index (χ3n) is 3.11. The third kappa shape index (κ3) is 1.56. The molecule has 1 atom stereocenters. The number of rotatable bonds is 2. The molecule has 1 aliphatic carbocycles. The summed E-state index contributed by atoms with van der Waals surface area (Å²) in [6.07, 6.45) is 2.59. The van der Waals surface area contributed by atoms with E-state index in [0.29, 0.717) is 5.84 Å². The summed E-state index contributed by atoms with van der Waals surface area (Å²) in [7, 11) is 0. The molecule has 2 amide bonds. The van der Waals surface area contributed by atoms with E-state index in [1.807, 2.05) is 12.1 Å². The Labute approximate surface area is 93.6 Å². The molecule has 1 unspecified atom stereocenters. The van der Waals surface area contributed by atoms with E-state index in [1.54, 1.807) is 0 Å². The van der Waals surface area contributed by atoms with Crippen LogP contribution in [-0.2, 0) is 0 Å². The van der Waals surface area contributed by atoms with Crippen molar-refractivity contribution in [2.24, 2.45) is 10.7 Å². The lowest BCUT2D eigenvalue weighted by Crippen LogP contribution is -2.27. The molecular weight excluding hydrogens is 202 g/mol. The first-order valence-electron chi connectivity index (χ1n) is 5.48. The minimum Gasteiger partial charge on any atom is -0.385 e. The van der Waals surface area contributed by atoms with Gasteiger partial charge in [0, 0.05) is 0 Å². The number of urea groups is 1. The van der Waals surface area contributed by atoms with Crippen LogP contribution in [0.2, 0.25) is 0 Å². The van der Waals surface area contributed by atoms with Crippen molar-refractivity contribution in [3.63, 3.8) is 0 Å². The van der Waals surface area contributed by atoms with Crippen LogP contribution < -0.4 is 11.1 Å². The summed E-state index contributed by atoms with van der Waals surface area (Å²) in [6.45, 7) is 0. The van der Waals surface area contributed by atoms with Gasteiger partial charge < -0.3 is 11.1 Å². The molecular formula is C12H13N3O.